The maximum atomic E-state index is 12.5. The molecule has 3 aromatic rings. The van der Waals surface area contributed by atoms with Crippen molar-refractivity contribution in [1.29, 1.82) is 0 Å². The molecule has 0 saturated carbocycles. The van der Waals surface area contributed by atoms with Gasteiger partial charge in [-0.3, -0.25) is 9.20 Å². The predicted molar refractivity (Wildman–Crippen MR) is 101 cm³/mol. The summed E-state index contributed by atoms with van der Waals surface area (Å²) in [5.41, 5.74) is 1.55. The molecule has 11 heteroatoms. The molecule has 0 saturated heterocycles. The van der Waals surface area contributed by atoms with Crippen LogP contribution in [0.3, 0.4) is 0 Å². The Morgan fingerprint density at radius 3 is 2.31 bits per heavy atom. The number of carbonyl (C=O) groups excluding carboxylic acids is 1. The number of aromatic nitrogens is 2. The molecule has 29 heavy (non-hydrogen) atoms. The third-order valence-corrected chi connectivity index (χ3v) is 4.29. The van der Waals surface area contributed by atoms with Crippen LogP contribution in [0.2, 0.25) is 10.2 Å². The average Bonchev–Trinajstić information content (AvgIpc) is 2.99. The van der Waals surface area contributed by atoms with Crippen molar-refractivity contribution >= 4 is 40.6 Å². The first-order valence-electron chi connectivity index (χ1n) is 8.00. The van der Waals surface area contributed by atoms with Crippen LogP contribution in [0.25, 0.3) is 5.52 Å². The number of benzene rings is 1. The van der Waals surface area contributed by atoms with Crippen LogP contribution >= 0.6 is 23.2 Å². The Kier molecular flexibility index (Phi) is 7.10. The van der Waals surface area contributed by atoms with Gasteiger partial charge in [0.15, 0.2) is 5.15 Å². The second kappa shape index (κ2) is 9.15. The first-order valence-corrected chi connectivity index (χ1v) is 8.76. The number of nitrogens with one attached hydrogen (secondary N) is 1. The monoisotopic (exact) mass is 447 g/mol. The standard InChI is InChI=1S/C16H13Cl2N3O.C2HF3O2/c1-10(11-6-2-3-7-12(11)17)19-16(22)15-20-14(18)13-8-4-5-9-21(13)15;3-2(4,5)1(6)7/h2-10H,1H3,(H,19,22);(H,6,7). The number of fused-ring (bicyclic) bond motifs is 1. The van der Waals surface area contributed by atoms with E-state index in [4.69, 9.17) is 33.1 Å². The molecule has 2 aromatic heterocycles. The lowest BCUT2D eigenvalue weighted by Crippen LogP contribution is -2.28. The Bertz CT molecular complexity index is 1040. The van der Waals surface area contributed by atoms with Crippen LogP contribution in [-0.4, -0.2) is 32.5 Å². The first-order chi connectivity index (χ1) is 13.5. The number of carboxylic acids is 1. The molecule has 6 nitrogen and oxygen atoms in total. The van der Waals surface area contributed by atoms with Gasteiger partial charge in [-0.05, 0) is 30.7 Å². The zero-order chi connectivity index (χ0) is 21.8. The smallest absolute Gasteiger partial charge is 0.475 e. The van der Waals surface area contributed by atoms with Gasteiger partial charge >= 0.3 is 12.1 Å². The quantitative estimate of drug-likeness (QED) is 0.605. The lowest BCUT2D eigenvalue weighted by atomic mass is 10.1. The summed E-state index contributed by atoms with van der Waals surface area (Å²) in [6.07, 6.45) is -3.33. The fraction of sp³-hybridized carbons (Fsp3) is 0.167. The van der Waals surface area contributed by atoms with Gasteiger partial charge in [0.05, 0.1) is 11.6 Å². The first kappa shape index (κ1) is 22.5. The number of hydrogen-bond donors (Lipinski definition) is 2. The summed E-state index contributed by atoms with van der Waals surface area (Å²) in [6, 6.07) is 12.6. The Hall–Kier alpha value is -2.78. The van der Waals surface area contributed by atoms with E-state index < -0.39 is 12.1 Å². The Labute approximate surface area is 172 Å². The lowest BCUT2D eigenvalue weighted by Gasteiger charge is -2.15. The Morgan fingerprint density at radius 2 is 1.72 bits per heavy atom. The van der Waals surface area contributed by atoms with E-state index in [0.717, 1.165) is 5.56 Å². The SMILES string of the molecule is CC(NC(=O)c1nc(Cl)c2ccccn12)c1ccccc1Cl.O=C(O)C(F)(F)F. The van der Waals surface area contributed by atoms with Crippen molar-refractivity contribution in [3.8, 4) is 0 Å². The molecule has 0 aliphatic rings. The molecular weight excluding hydrogens is 434 g/mol. The van der Waals surface area contributed by atoms with Crippen LogP contribution in [-0.2, 0) is 4.79 Å². The molecule has 0 spiro atoms. The second-order valence-corrected chi connectivity index (χ2v) is 6.47. The maximum Gasteiger partial charge on any atom is 0.490 e. The van der Waals surface area contributed by atoms with Crippen LogP contribution in [0, 0.1) is 0 Å². The summed E-state index contributed by atoms with van der Waals surface area (Å²) < 4.78 is 33.4. The summed E-state index contributed by atoms with van der Waals surface area (Å²) >= 11 is 12.2. The number of imidazole rings is 1. The van der Waals surface area contributed by atoms with Crippen LogP contribution in [0.1, 0.15) is 29.1 Å². The van der Waals surface area contributed by atoms with Gasteiger partial charge < -0.3 is 10.4 Å². The molecule has 0 fully saturated rings. The van der Waals surface area contributed by atoms with E-state index in [0.29, 0.717) is 15.7 Å². The van der Waals surface area contributed by atoms with E-state index >= 15 is 0 Å². The number of alkyl halides is 3. The van der Waals surface area contributed by atoms with E-state index in [1.54, 1.807) is 16.7 Å². The van der Waals surface area contributed by atoms with Crippen LogP contribution in [0.5, 0.6) is 0 Å². The van der Waals surface area contributed by atoms with Gasteiger partial charge in [-0.1, -0.05) is 47.5 Å². The second-order valence-electron chi connectivity index (χ2n) is 5.70. The molecular formula is C18H14Cl2F3N3O3. The number of carbonyl (C=O) groups is 2. The van der Waals surface area contributed by atoms with Gasteiger partial charge in [0, 0.05) is 11.2 Å². The summed E-state index contributed by atoms with van der Waals surface area (Å²) in [5, 5.41) is 10.9. The summed E-state index contributed by atoms with van der Waals surface area (Å²) in [5.74, 6) is -2.81. The lowest BCUT2D eigenvalue weighted by molar-refractivity contribution is -0.192. The summed E-state index contributed by atoms with van der Waals surface area (Å²) in [6.45, 7) is 1.87. The topological polar surface area (TPSA) is 83.7 Å². The average molecular weight is 448 g/mol. The minimum absolute atomic E-state index is 0.240. The maximum absolute atomic E-state index is 12.5. The van der Waals surface area contributed by atoms with Gasteiger partial charge in [0.25, 0.3) is 5.91 Å². The highest BCUT2D eigenvalue weighted by Gasteiger charge is 2.38. The minimum atomic E-state index is -5.08. The van der Waals surface area contributed by atoms with Crippen LogP contribution in [0.4, 0.5) is 13.2 Å². The fourth-order valence-corrected chi connectivity index (χ4v) is 2.86. The molecule has 0 bridgehead atoms. The number of nitrogens with zero attached hydrogens (tertiary/aromatic N) is 2. The van der Waals surface area contributed by atoms with E-state index in [1.807, 2.05) is 43.3 Å². The van der Waals surface area contributed by atoms with Crippen molar-refractivity contribution in [2.45, 2.75) is 19.1 Å². The van der Waals surface area contributed by atoms with E-state index in [9.17, 15) is 18.0 Å². The molecule has 0 radical (unpaired) electrons. The van der Waals surface area contributed by atoms with E-state index in [2.05, 4.69) is 10.3 Å². The number of amides is 1. The summed E-state index contributed by atoms with van der Waals surface area (Å²) in [7, 11) is 0. The van der Waals surface area contributed by atoms with Crippen LogP contribution < -0.4 is 5.32 Å². The van der Waals surface area contributed by atoms with Crippen molar-refractivity contribution in [2.75, 3.05) is 0 Å². The van der Waals surface area contributed by atoms with Gasteiger partial charge in [-0.2, -0.15) is 13.2 Å². The van der Waals surface area contributed by atoms with Gasteiger partial charge in [0.1, 0.15) is 0 Å². The summed E-state index contributed by atoms with van der Waals surface area (Å²) in [4.78, 5) is 25.5. The molecule has 1 aromatic carbocycles. The van der Waals surface area contributed by atoms with E-state index in [1.165, 1.54) is 0 Å². The zero-order valence-corrected chi connectivity index (χ0v) is 16.3. The number of aliphatic carboxylic acids is 1. The normalized spacial score (nSPS) is 12.1. The number of rotatable bonds is 3. The van der Waals surface area contributed by atoms with Crippen molar-refractivity contribution in [3.63, 3.8) is 0 Å². The Morgan fingerprint density at radius 1 is 1.14 bits per heavy atom. The molecule has 154 valence electrons. The van der Waals surface area contributed by atoms with Crippen molar-refractivity contribution in [2.24, 2.45) is 0 Å². The zero-order valence-electron chi connectivity index (χ0n) is 14.7. The molecule has 1 amide bonds. The highest BCUT2D eigenvalue weighted by molar-refractivity contribution is 6.33. The predicted octanol–water partition coefficient (Wildman–Crippen LogP) is 4.77. The van der Waals surface area contributed by atoms with Gasteiger partial charge in [0.2, 0.25) is 5.82 Å². The highest BCUT2D eigenvalue weighted by atomic mass is 35.5. The van der Waals surface area contributed by atoms with E-state index in [-0.39, 0.29) is 17.8 Å². The molecule has 0 aliphatic heterocycles. The highest BCUT2D eigenvalue weighted by Crippen LogP contribution is 2.23. The molecule has 3 rings (SSSR count). The van der Waals surface area contributed by atoms with Crippen molar-refractivity contribution in [1.82, 2.24) is 14.7 Å². The van der Waals surface area contributed by atoms with Crippen LogP contribution in [0.15, 0.2) is 48.7 Å². The number of hydrogen-bond acceptors (Lipinski definition) is 3. The molecule has 1 atom stereocenters. The molecule has 1 unspecified atom stereocenters. The molecule has 2 N–H and O–H groups in total. The third kappa shape index (κ3) is 5.61. The molecule has 0 aliphatic carbocycles. The third-order valence-electron chi connectivity index (χ3n) is 3.67. The number of pyridine rings is 1. The number of carboxylic acid groups (broad SMARTS) is 1. The van der Waals surface area contributed by atoms with Crippen molar-refractivity contribution in [3.05, 3.63) is 70.2 Å². The van der Waals surface area contributed by atoms with Gasteiger partial charge in [-0.15, -0.1) is 0 Å². The molecule has 2 heterocycles. The Balaban J connectivity index is 0.000000370. The van der Waals surface area contributed by atoms with Gasteiger partial charge in [-0.25, -0.2) is 9.78 Å². The van der Waals surface area contributed by atoms with Crippen molar-refractivity contribution < 1.29 is 27.9 Å². The fourth-order valence-electron chi connectivity index (χ4n) is 2.33. The number of halogens is 5. The largest absolute Gasteiger partial charge is 0.490 e. The minimum Gasteiger partial charge on any atom is -0.475 e.